The van der Waals surface area contributed by atoms with Crippen LogP contribution in [0.25, 0.3) is 0 Å². The van der Waals surface area contributed by atoms with Crippen LogP contribution in [0.15, 0.2) is 65.6 Å². The van der Waals surface area contributed by atoms with Crippen LogP contribution in [-0.2, 0) is 17.8 Å². The minimum absolute atomic E-state index is 0.0172. The summed E-state index contributed by atoms with van der Waals surface area (Å²) in [5.74, 6) is -0.762. The highest BCUT2D eigenvalue weighted by atomic mass is 19.1. The first-order valence-corrected chi connectivity index (χ1v) is 13.6. The summed E-state index contributed by atoms with van der Waals surface area (Å²) < 4.78 is 40.0. The molecule has 5 rings (SSSR count). The Bertz CT molecular complexity index is 1600. The number of nitrogens with one attached hydrogen (secondary N) is 4. The van der Waals surface area contributed by atoms with E-state index < -0.39 is 11.6 Å². The van der Waals surface area contributed by atoms with E-state index in [0.29, 0.717) is 54.8 Å². The zero-order valence-corrected chi connectivity index (χ0v) is 23.0. The monoisotopic (exact) mass is 575 g/mol. The topological polar surface area (TPSA) is 128 Å². The van der Waals surface area contributed by atoms with Gasteiger partial charge in [-0.1, -0.05) is 18.2 Å². The lowest BCUT2D eigenvalue weighted by Crippen LogP contribution is -2.36. The van der Waals surface area contributed by atoms with Crippen LogP contribution in [0, 0.1) is 17.0 Å². The molecule has 0 atom stereocenters. The third-order valence-corrected chi connectivity index (χ3v) is 6.62. The lowest BCUT2D eigenvalue weighted by molar-refractivity contribution is 0.0336. The molecule has 42 heavy (non-hydrogen) atoms. The molecule has 10 nitrogen and oxygen atoms in total. The third-order valence-electron chi connectivity index (χ3n) is 6.62. The van der Waals surface area contributed by atoms with Crippen molar-refractivity contribution in [3.8, 4) is 5.75 Å². The second-order valence-electron chi connectivity index (χ2n) is 9.60. The van der Waals surface area contributed by atoms with Crippen LogP contribution in [-0.4, -0.2) is 58.5 Å². The SMILES string of the molecule is CCOc1cc(F)c(CNc2ccccc2C(=N)c2nc(CN3CCOCC3)cc(Nc3cc[nH]c(=O)c3)n2)c(F)c1. The fourth-order valence-electron chi connectivity index (χ4n) is 4.57. The maximum absolute atomic E-state index is 14.7. The number of ether oxygens (including phenoxy) is 2. The van der Waals surface area contributed by atoms with Crippen molar-refractivity contribution in [2.24, 2.45) is 0 Å². The number of hydrogen-bond acceptors (Lipinski definition) is 9. The van der Waals surface area contributed by atoms with E-state index in [-0.39, 0.29) is 35.0 Å². The number of benzene rings is 2. The Morgan fingerprint density at radius 1 is 1.10 bits per heavy atom. The molecule has 1 saturated heterocycles. The predicted molar refractivity (Wildman–Crippen MR) is 156 cm³/mol. The molecule has 1 fully saturated rings. The fourth-order valence-corrected chi connectivity index (χ4v) is 4.57. The Hall–Kier alpha value is -4.68. The lowest BCUT2D eigenvalue weighted by Gasteiger charge is -2.26. The van der Waals surface area contributed by atoms with Gasteiger partial charge in [-0.25, -0.2) is 18.7 Å². The molecule has 0 aliphatic carbocycles. The highest BCUT2D eigenvalue weighted by molar-refractivity contribution is 6.12. The fraction of sp³-hybridized carbons (Fsp3) is 0.267. The minimum atomic E-state index is -0.729. The van der Waals surface area contributed by atoms with Gasteiger partial charge in [0.25, 0.3) is 0 Å². The van der Waals surface area contributed by atoms with Gasteiger partial charge in [-0.2, -0.15) is 0 Å². The first-order valence-electron chi connectivity index (χ1n) is 13.6. The van der Waals surface area contributed by atoms with Crippen molar-refractivity contribution in [1.82, 2.24) is 19.9 Å². The smallest absolute Gasteiger partial charge is 0.249 e. The van der Waals surface area contributed by atoms with Crippen LogP contribution < -0.4 is 20.9 Å². The first-order chi connectivity index (χ1) is 20.4. The largest absolute Gasteiger partial charge is 0.494 e. The summed E-state index contributed by atoms with van der Waals surface area (Å²) in [6, 6.07) is 14.2. The van der Waals surface area contributed by atoms with Gasteiger partial charge in [-0.3, -0.25) is 15.1 Å². The van der Waals surface area contributed by atoms with Gasteiger partial charge in [-0.15, -0.1) is 0 Å². The van der Waals surface area contributed by atoms with Crippen molar-refractivity contribution < 1.29 is 18.3 Å². The molecule has 3 heterocycles. The standard InChI is InChI=1S/C30H31F2N7O3/c1-2-42-21-15-24(31)23(25(32)16-21)17-35-26-6-4-3-5-22(26)29(33)30-37-20(18-39-9-11-41-12-10-39)13-27(38-30)36-19-7-8-34-28(40)14-19/h3-8,13-16,33,35H,2,9-12,17-18H2,1H3,(H2,34,36,37,38,40). The zero-order valence-electron chi connectivity index (χ0n) is 23.0. The summed E-state index contributed by atoms with van der Waals surface area (Å²) in [4.78, 5) is 25.9. The van der Waals surface area contributed by atoms with E-state index in [0.717, 1.165) is 25.2 Å². The number of H-pyrrole nitrogens is 1. The van der Waals surface area contributed by atoms with Gasteiger partial charge in [0.2, 0.25) is 5.56 Å². The molecule has 4 aromatic rings. The van der Waals surface area contributed by atoms with Crippen molar-refractivity contribution in [2.45, 2.75) is 20.0 Å². The number of anilines is 3. The van der Waals surface area contributed by atoms with Gasteiger partial charge in [0.15, 0.2) is 5.82 Å². The van der Waals surface area contributed by atoms with Crippen molar-refractivity contribution in [2.75, 3.05) is 43.5 Å². The van der Waals surface area contributed by atoms with Crippen molar-refractivity contribution in [1.29, 1.82) is 5.41 Å². The van der Waals surface area contributed by atoms with Gasteiger partial charge in [0.1, 0.15) is 28.9 Å². The number of pyridine rings is 1. The summed E-state index contributed by atoms with van der Waals surface area (Å²) in [5.41, 5.74) is 1.76. The van der Waals surface area contributed by atoms with E-state index in [2.05, 4.69) is 25.5 Å². The van der Waals surface area contributed by atoms with Gasteiger partial charge in [0, 0.05) is 79.1 Å². The zero-order chi connectivity index (χ0) is 29.5. The summed E-state index contributed by atoms with van der Waals surface area (Å²) in [6.45, 7) is 5.15. The number of aromatic nitrogens is 3. The molecule has 0 bridgehead atoms. The maximum atomic E-state index is 14.7. The van der Waals surface area contributed by atoms with Gasteiger partial charge in [0.05, 0.1) is 25.5 Å². The molecule has 0 amide bonds. The molecule has 0 saturated carbocycles. The molecular weight excluding hydrogens is 544 g/mol. The molecule has 4 N–H and O–H groups in total. The average molecular weight is 576 g/mol. The van der Waals surface area contributed by atoms with Gasteiger partial charge < -0.3 is 25.1 Å². The van der Waals surface area contributed by atoms with Crippen LogP contribution in [0.3, 0.4) is 0 Å². The molecule has 0 unspecified atom stereocenters. The van der Waals surface area contributed by atoms with Gasteiger partial charge in [-0.05, 0) is 19.1 Å². The molecular formula is C30H31F2N7O3. The minimum Gasteiger partial charge on any atom is -0.494 e. The molecule has 0 radical (unpaired) electrons. The van der Waals surface area contributed by atoms with E-state index in [4.69, 9.17) is 19.9 Å². The summed E-state index contributed by atoms with van der Waals surface area (Å²) >= 11 is 0. The molecule has 12 heteroatoms. The normalized spacial score (nSPS) is 13.5. The van der Waals surface area contributed by atoms with Crippen molar-refractivity contribution in [3.63, 3.8) is 0 Å². The van der Waals surface area contributed by atoms with E-state index in [1.54, 1.807) is 43.3 Å². The number of nitrogens with zero attached hydrogens (tertiary/aromatic N) is 3. The van der Waals surface area contributed by atoms with Crippen LogP contribution in [0.1, 0.15) is 29.6 Å². The second kappa shape index (κ2) is 13.3. The number of rotatable bonds is 11. The second-order valence-corrected chi connectivity index (χ2v) is 9.60. The summed E-state index contributed by atoms with van der Waals surface area (Å²) in [6.07, 6.45) is 1.53. The highest BCUT2D eigenvalue weighted by Crippen LogP contribution is 2.25. The number of morpholine rings is 1. The van der Waals surface area contributed by atoms with E-state index >= 15 is 0 Å². The number of para-hydroxylation sites is 1. The number of hydrogen-bond donors (Lipinski definition) is 4. The van der Waals surface area contributed by atoms with E-state index in [1.807, 2.05) is 0 Å². The molecule has 2 aromatic heterocycles. The Morgan fingerprint density at radius 3 is 2.60 bits per heavy atom. The number of halogens is 2. The van der Waals surface area contributed by atoms with Crippen molar-refractivity contribution in [3.05, 3.63) is 105 Å². The van der Waals surface area contributed by atoms with Crippen LogP contribution in [0.5, 0.6) is 5.75 Å². The van der Waals surface area contributed by atoms with Gasteiger partial charge >= 0.3 is 0 Å². The Balaban J connectivity index is 1.43. The average Bonchev–Trinajstić information content (AvgIpc) is 2.97. The van der Waals surface area contributed by atoms with E-state index in [9.17, 15) is 13.6 Å². The Labute approximate surface area is 241 Å². The highest BCUT2D eigenvalue weighted by Gasteiger charge is 2.19. The summed E-state index contributed by atoms with van der Waals surface area (Å²) in [7, 11) is 0. The van der Waals surface area contributed by atoms with Crippen LogP contribution in [0.2, 0.25) is 0 Å². The Morgan fingerprint density at radius 2 is 1.86 bits per heavy atom. The molecule has 1 aliphatic heterocycles. The van der Waals surface area contributed by atoms with E-state index in [1.165, 1.54) is 12.3 Å². The Kier molecular flexibility index (Phi) is 9.15. The third kappa shape index (κ3) is 7.14. The summed E-state index contributed by atoms with van der Waals surface area (Å²) in [5, 5.41) is 15.2. The van der Waals surface area contributed by atoms with Crippen molar-refractivity contribution >= 4 is 22.9 Å². The van der Waals surface area contributed by atoms with Crippen LogP contribution >= 0.6 is 0 Å². The molecule has 1 aliphatic rings. The quantitative estimate of drug-likeness (QED) is 0.193. The molecule has 218 valence electrons. The first kappa shape index (κ1) is 28.8. The number of aromatic amines is 1. The maximum Gasteiger partial charge on any atom is 0.249 e. The predicted octanol–water partition coefficient (Wildman–Crippen LogP) is 4.45. The van der Waals surface area contributed by atoms with Crippen LogP contribution in [0.4, 0.5) is 26.0 Å². The molecule has 2 aromatic carbocycles. The molecule has 0 spiro atoms. The lowest BCUT2D eigenvalue weighted by atomic mass is 10.1.